The number of benzene rings is 2. The van der Waals surface area contributed by atoms with Crippen LogP contribution in [0.15, 0.2) is 71.6 Å². The Hall–Kier alpha value is -2.12. The SMILES string of the molecule is C=C1CN(S(=O)(=O)c2ccc(C)cc2)[C@@H](c2ccccc2)[C@H]1C(F)(F)F. The van der Waals surface area contributed by atoms with Crippen molar-refractivity contribution in [3.05, 3.63) is 77.9 Å². The molecule has 0 aliphatic carbocycles. The Morgan fingerprint density at radius 1 is 1.04 bits per heavy atom. The average Bonchev–Trinajstić information content (AvgIpc) is 2.94. The van der Waals surface area contributed by atoms with E-state index in [4.69, 9.17) is 0 Å². The first-order valence-corrected chi connectivity index (χ1v) is 9.44. The van der Waals surface area contributed by atoms with Crippen molar-refractivity contribution >= 4 is 10.0 Å². The third kappa shape index (κ3) is 3.29. The number of hydrogen-bond donors (Lipinski definition) is 0. The predicted molar refractivity (Wildman–Crippen MR) is 92.9 cm³/mol. The second-order valence-electron chi connectivity index (χ2n) is 6.40. The van der Waals surface area contributed by atoms with Gasteiger partial charge in [-0.3, -0.25) is 0 Å². The van der Waals surface area contributed by atoms with Gasteiger partial charge in [-0.2, -0.15) is 17.5 Å². The van der Waals surface area contributed by atoms with Crippen molar-refractivity contribution in [1.29, 1.82) is 0 Å². The van der Waals surface area contributed by atoms with Crippen molar-refractivity contribution in [1.82, 2.24) is 4.31 Å². The first-order valence-electron chi connectivity index (χ1n) is 8.00. The molecule has 1 aliphatic rings. The summed E-state index contributed by atoms with van der Waals surface area (Å²) >= 11 is 0. The maximum Gasteiger partial charge on any atom is 0.397 e. The largest absolute Gasteiger partial charge is 0.397 e. The van der Waals surface area contributed by atoms with E-state index >= 15 is 0 Å². The maximum atomic E-state index is 13.7. The van der Waals surface area contributed by atoms with Crippen LogP contribution in [0.4, 0.5) is 13.2 Å². The molecule has 0 bridgehead atoms. The van der Waals surface area contributed by atoms with Crippen LogP contribution in [0.2, 0.25) is 0 Å². The molecule has 1 heterocycles. The van der Waals surface area contributed by atoms with Crippen molar-refractivity contribution in [3.8, 4) is 0 Å². The molecule has 2 aromatic carbocycles. The van der Waals surface area contributed by atoms with E-state index in [0.717, 1.165) is 9.87 Å². The van der Waals surface area contributed by atoms with Gasteiger partial charge in [-0.25, -0.2) is 8.42 Å². The zero-order chi connectivity index (χ0) is 19.1. The summed E-state index contributed by atoms with van der Waals surface area (Å²) in [6.07, 6.45) is -4.59. The number of halogens is 3. The summed E-state index contributed by atoms with van der Waals surface area (Å²) in [5, 5.41) is 0. The Kier molecular flexibility index (Phi) is 4.71. The van der Waals surface area contributed by atoms with Crippen molar-refractivity contribution < 1.29 is 21.6 Å². The molecule has 0 spiro atoms. The van der Waals surface area contributed by atoms with Crippen LogP contribution in [0.3, 0.4) is 0 Å². The van der Waals surface area contributed by atoms with E-state index in [1.165, 1.54) is 24.3 Å². The summed E-state index contributed by atoms with van der Waals surface area (Å²) in [5.74, 6) is -1.94. The van der Waals surface area contributed by atoms with Gasteiger partial charge >= 0.3 is 6.18 Å². The van der Waals surface area contributed by atoms with Crippen molar-refractivity contribution in [2.45, 2.75) is 24.0 Å². The van der Waals surface area contributed by atoms with Crippen LogP contribution in [0, 0.1) is 12.8 Å². The van der Waals surface area contributed by atoms with Gasteiger partial charge in [0.25, 0.3) is 0 Å². The molecule has 1 saturated heterocycles. The van der Waals surface area contributed by atoms with Gasteiger partial charge in [-0.1, -0.05) is 54.6 Å². The van der Waals surface area contributed by atoms with Crippen LogP contribution < -0.4 is 0 Å². The second kappa shape index (κ2) is 6.55. The normalized spacial score (nSPS) is 21.9. The fourth-order valence-corrected chi connectivity index (χ4v) is 4.91. The van der Waals surface area contributed by atoms with Gasteiger partial charge in [-0.05, 0) is 30.2 Å². The van der Waals surface area contributed by atoms with Crippen LogP contribution in [0.1, 0.15) is 17.2 Å². The lowest BCUT2D eigenvalue weighted by atomic mass is 9.91. The molecule has 138 valence electrons. The number of rotatable bonds is 3. The number of aryl methyl sites for hydroxylation is 1. The Morgan fingerprint density at radius 2 is 1.62 bits per heavy atom. The predicted octanol–water partition coefficient (Wildman–Crippen LogP) is 4.48. The average molecular weight is 381 g/mol. The first-order chi connectivity index (χ1) is 12.1. The molecule has 26 heavy (non-hydrogen) atoms. The van der Waals surface area contributed by atoms with Crippen molar-refractivity contribution in [2.75, 3.05) is 6.54 Å². The highest BCUT2D eigenvalue weighted by Crippen LogP contribution is 2.50. The number of hydrogen-bond acceptors (Lipinski definition) is 2. The van der Waals surface area contributed by atoms with E-state index in [0.29, 0.717) is 5.56 Å². The third-order valence-corrected chi connectivity index (χ3v) is 6.39. The van der Waals surface area contributed by atoms with E-state index in [-0.39, 0.29) is 17.0 Å². The molecule has 0 amide bonds. The summed E-state index contributed by atoms with van der Waals surface area (Å²) in [6.45, 7) is 4.97. The summed E-state index contributed by atoms with van der Waals surface area (Å²) < 4.78 is 68.1. The highest BCUT2D eigenvalue weighted by molar-refractivity contribution is 7.89. The molecule has 0 aromatic heterocycles. The van der Waals surface area contributed by atoms with E-state index in [2.05, 4.69) is 6.58 Å². The lowest BCUT2D eigenvalue weighted by Crippen LogP contribution is -2.35. The maximum absolute atomic E-state index is 13.7. The monoisotopic (exact) mass is 381 g/mol. The number of sulfonamides is 1. The highest BCUT2D eigenvalue weighted by Gasteiger charge is 2.55. The molecule has 3 nitrogen and oxygen atoms in total. The van der Waals surface area contributed by atoms with Crippen LogP contribution in [-0.4, -0.2) is 25.4 Å². The van der Waals surface area contributed by atoms with Gasteiger partial charge in [0.05, 0.1) is 16.9 Å². The first kappa shape index (κ1) is 18.7. The van der Waals surface area contributed by atoms with Gasteiger partial charge in [-0.15, -0.1) is 0 Å². The lowest BCUT2D eigenvalue weighted by Gasteiger charge is -2.29. The van der Waals surface area contributed by atoms with E-state index in [9.17, 15) is 21.6 Å². The topological polar surface area (TPSA) is 37.4 Å². The Morgan fingerprint density at radius 3 is 2.15 bits per heavy atom. The molecule has 0 unspecified atom stereocenters. The molecule has 1 aliphatic heterocycles. The zero-order valence-corrected chi connectivity index (χ0v) is 14.9. The van der Waals surface area contributed by atoms with E-state index in [1.807, 2.05) is 0 Å². The standard InChI is InChI=1S/C19H18F3NO2S/c1-13-8-10-16(11-9-13)26(24,25)23-12-14(2)17(19(20,21)22)18(23)15-6-4-3-5-7-15/h3-11,17-18H,2,12H2,1H3/t17-,18-/m0/s1. The number of nitrogens with zero attached hydrogens (tertiary/aromatic N) is 1. The van der Waals surface area contributed by atoms with E-state index in [1.54, 1.807) is 37.3 Å². The molecule has 3 rings (SSSR count). The van der Waals surface area contributed by atoms with E-state index < -0.39 is 28.2 Å². The summed E-state index contributed by atoms with van der Waals surface area (Å²) in [6, 6.07) is 12.6. The number of alkyl halides is 3. The van der Waals surface area contributed by atoms with Crippen LogP contribution in [-0.2, 0) is 10.0 Å². The molecule has 0 N–H and O–H groups in total. The molecule has 1 fully saturated rings. The van der Waals surface area contributed by atoms with Crippen LogP contribution >= 0.6 is 0 Å². The fourth-order valence-electron chi connectivity index (χ4n) is 3.29. The molecular formula is C19H18F3NO2S. The molecule has 0 radical (unpaired) electrons. The van der Waals surface area contributed by atoms with Gasteiger partial charge in [0.1, 0.15) is 0 Å². The quantitative estimate of drug-likeness (QED) is 0.736. The zero-order valence-electron chi connectivity index (χ0n) is 14.1. The van der Waals surface area contributed by atoms with Crippen LogP contribution in [0.25, 0.3) is 0 Å². The summed E-state index contributed by atoms with van der Waals surface area (Å²) in [7, 11) is -4.11. The minimum atomic E-state index is -4.59. The van der Waals surface area contributed by atoms with Gasteiger partial charge in [0.2, 0.25) is 10.0 Å². The van der Waals surface area contributed by atoms with Gasteiger partial charge in [0, 0.05) is 6.54 Å². The molecule has 7 heteroatoms. The fraction of sp³-hybridized carbons (Fsp3) is 0.263. The minimum Gasteiger partial charge on any atom is -0.207 e. The van der Waals surface area contributed by atoms with Gasteiger partial charge in [0.15, 0.2) is 0 Å². The van der Waals surface area contributed by atoms with Crippen LogP contribution in [0.5, 0.6) is 0 Å². The Balaban J connectivity index is 2.13. The highest BCUT2D eigenvalue weighted by atomic mass is 32.2. The molecular weight excluding hydrogens is 363 g/mol. The third-order valence-electron chi connectivity index (χ3n) is 4.55. The lowest BCUT2D eigenvalue weighted by molar-refractivity contribution is -0.169. The molecule has 2 aromatic rings. The summed E-state index contributed by atoms with van der Waals surface area (Å²) in [5.41, 5.74) is 1.01. The summed E-state index contributed by atoms with van der Waals surface area (Å²) in [4.78, 5) is -0.0281. The smallest absolute Gasteiger partial charge is 0.207 e. The molecule has 2 atom stereocenters. The minimum absolute atomic E-state index is 0.0281. The second-order valence-corrected chi connectivity index (χ2v) is 8.29. The Labute approximate surface area is 150 Å². The van der Waals surface area contributed by atoms with Gasteiger partial charge < -0.3 is 0 Å². The molecule has 0 saturated carbocycles. The van der Waals surface area contributed by atoms with Crippen molar-refractivity contribution in [3.63, 3.8) is 0 Å². The Bertz CT molecular complexity index is 906. The van der Waals surface area contributed by atoms with Crippen molar-refractivity contribution in [2.24, 2.45) is 5.92 Å².